The molecule has 0 radical (unpaired) electrons. The van der Waals surface area contributed by atoms with Gasteiger partial charge in [0, 0.05) is 0 Å². The van der Waals surface area contributed by atoms with Gasteiger partial charge in [-0.2, -0.15) is 0 Å². The van der Waals surface area contributed by atoms with Gasteiger partial charge >= 0.3 is 0 Å². The number of benzene rings is 1. The van der Waals surface area contributed by atoms with Gasteiger partial charge in [-0.25, -0.2) is 8.78 Å². The van der Waals surface area contributed by atoms with Crippen molar-refractivity contribution in [3.63, 3.8) is 0 Å². The van der Waals surface area contributed by atoms with Crippen LogP contribution >= 0.6 is 0 Å². The second kappa shape index (κ2) is 5.58. The topological polar surface area (TPSA) is 12.0 Å². The first-order chi connectivity index (χ1) is 7.86. The van der Waals surface area contributed by atoms with E-state index in [4.69, 9.17) is 0 Å². The number of hydrogen-bond donors (Lipinski definition) is 1. The number of nitrogens with one attached hydrogen (secondary N) is 1. The van der Waals surface area contributed by atoms with Gasteiger partial charge in [0.25, 0.3) is 0 Å². The first-order valence-corrected chi connectivity index (χ1v) is 5.93. The van der Waals surface area contributed by atoms with Crippen LogP contribution in [0.4, 0.5) is 8.78 Å². The van der Waals surface area contributed by atoms with Crippen LogP contribution in [0.25, 0.3) is 0 Å². The van der Waals surface area contributed by atoms with Crippen LogP contribution in [-0.2, 0) is 6.42 Å². The van der Waals surface area contributed by atoms with Gasteiger partial charge < -0.3 is 5.32 Å². The molecule has 1 aromatic rings. The van der Waals surface area contributed by atoms with Gasteiger partial charge in [-0.1, -0.05) is 32.9 Å². The van der Waals surface area contributed by atoms with E-state index in [0.29, 0.717) is 12.0 Å². The largest absolute Gasteiger partial charge is 0.319 e. The van der Waals surface area contributed by atoms with Gasteiger partial charge in [-0.15, -0.1) is 0 Å². The Balaban J connectivity index is 2.90. The third kappa shape index (κ3) is 3.77. The van der Waals surface area contributed by atoms with Crippen LogP contribution in [-0.4, -0.2) is 13.6 Å². The van der Waals surface area contributed by atoms with E-state index >= 15 is 0 Å². The second-order valence-electron chi connectivity index (χ2n) is 5.54. The van der Waals surface area contributed by atoms with Crippen molar-refractivity contribution in [3.05, 3.63) is 35.4 Å². The van der Waals surface area contributed by atoms with Crippen molar-refractivity contribution >= 4 is 0 Å². The Kier molecular flexibility index (Phi) is 4.63. The van der Waals surface area contributed by atoms with Crippen molar-refractivity contribution in [3.8, 4) is 0 Å². The second-order valence-corrected chi connectivity index (χ2v) is 5.54. The molecule has 0 saturated heterocycles. The molecule has 1 atom stereocenters. The van der Waals surface area contributed by atoms with Crippen LogP contribution in [0.15, 0.2) is 18.2 Å². The molecule has 0 aliphatic carbocycles. The molecule has 0 amide bonds. The normalized spacial score (nSPS) is 13.8. The van der Waals surface area contributed by atoms with Gasteiger partial charge in [-0.3, -0.25) is 0 Å². The zero-order valence-corrected chi connectivity index (χ0v) is 11.0. The van der Waals surface area contributed by atoms with Gasteiger partial charge in [-0.05, 0) is 43.0 Å². The number of rotatable bonds is 4. The van der Waals surface area contributed by atoms with Crippen molar-refractivity contribution in [1.29, 1.82) is 0 Å². The minimum absolute atomic E-state index is 0.0573. The van der Waals surface area contributed by atoms with Gasteiger partial charge in [0.2, 0.25) is 0 Å². The lowest BCUT2D eigenvalue weighted by atomic mass is 9.77. The standard InChI is InChI=1S/C14H21F2N/c1-14(2,3)11(9-17-4)8-10-6-5-7-12(15)13(10)16/h5-7,11,17H,8-9H2,1-4H3. The van der Waals surface area contributed by atoms with E-state index in [-0.39, 0.29) is 11.3 Å². The molecule has 0 aliphatic rings. The molecule has 0 aromatic heterocycles. The first-order valence-electron chi connectivity index (χ1n) is 5.93. The summed E-state index contributed by atoms with van der Waals surface area (Å²) in [5.41, 5.74) is 0.516. The zero-order valence-electron chi connectivity index (χ0n) is 11.0. The molecule has 96 valence electrons. The molecule has 0 spiro atoms. The molecular formula is C14H21F2N. The number of halogens is 2. The molecule has 3 heteroatoms. The molecule has 1 rings (SSSR count). The summed E-state index contributed by atoms with van der Waals surface area (Å²) in [6.07, 6.45) is 0.550. The van der Waals surface area contributed by atoms with Crippen LogP contribution in [0.2, 0.25) is 0 Å². The molecule has 0 fully saturated rings. The lowest BCUT2D eigenvalue weighted by molar-refractivity contribution is 0.232. The lowest BCUT2D eigenvalue weighted by Crippen LogP contribution is -2.32. The highest BCUT2D eigenvalue weighted by atomic mass is 19.2. The Morgan fingerprint density at radius 2 is 1.88 bits per heavy atom. The molecule has 1 N–H and O–H groups in total. The summed E-state index contributed by atoms with van der Waals surface area (Å²) in [5, 5.41) is 3.11. The molecule has 17 heavy (non-hydrogen) atoms. The average molecular weight is 241 g/mol. The van der Waals surface area contributed by atoms with Crippen LogP contribution in [0, 0.1) is 23.0 Å². The first kappa shape index (κ1) is 14.1. The summed E-state index contributed by atoms with van der Waals surface area (Å²) in [5.74, 6) is -1.21. The maximum Gasteiger partial charge on any atom is 0.162 e. The molecule has 1 nitrogen and oxygen atoms in total. The number of hydrogen-bond acceptors (Lipinski definition) is 1. The zero-order chi connectivity index (χ0) is 13.1. The lowest BCUT2D eigenvalue weighted by Gasteiger charge is -2.31. The van der Waals surface area contributed by atoms with E-state index in [1.54, 1.807) is 12.1 Å². The molecule has 1 aromatic carbocycles. The van der Waals surface area contributed by atoms with Crippen molar-refractivity contribution in [1.82, 2.24) is 5.32 Å². The van der Waals surface area contributed by atoms with Crippen molar-refractivity contribution < 1.29 is 8.78 Å². The van der Waals surface area contributed by atoms with E-state index in [1.165, 1.54) is 0 Å². The summed E-state index contributed by atoms with van der Waals surface area (Å²) in [7, 11) is 1.88. The maximum absolute atomic E-state index is 13.6. The monoisotopic (exact) mass is 241 g/mol. The predicted molar refractivity (Wildman–Crippen MR) is 66.9 cm³/mol. The Morgan fingerprint density at radius 1 is 1.24 bits per heavy atom. The highest BCUT2D eigenvalue weighted by Crippen LogP contribution is 2.29. The summed E-state index contributed by atoms with van der Waals surface area (Å²) >= 11 is 0. The smallest absolute Gasteiger partial charge is 0.162 e. The van der Waals surface area contributed by atoms with Gasteiger partial charge in [0.05, 0.1) is 0 Å². The molecule has 1 unspecified atom stereocenters. The predicted octanol–water partition coefficient (Wildman–Crippen LogP) is 3.39. The third-order valence-corrected chi connectivity index (χ3v) is 3.17. The Bertz CT molecular complexity index is 369. The highest BCUT2D eigenvalue weighted by Gasteiger charge is 2.25. The van der Waals surface area contributed by atoms with Crippen molar-refractivity contribution in [2.45, 2.75) is 27.2 Å². The molecule has 0 saturated carbocycles. The van der Waals surface area contributed by atoms with Crippen LogP contribution in [0.5, 0.6) is 0 Å². The summed E-state index contributed by atoms with van der Waals surface area (Å²) in [4.78, 5) is 0. The fourth-order valence-corrected chi connectivity index (χ4v) is 1.90. The minimum atomic E-state index is -0.764. The molecular weight excluding hydrogens is 220 g/mol. The molecule has 0 bridgehead atoms. The fraction of sp³-hybridized carbons (Fsp3) is 0.571. The third-order valence-electron chi connectivity index (χ3n) is 3.17. The SMILES string of the molecule is CNCC(Cc1cccc(F)c1F)C(C)(C)C. The maximum atomic E-state index is 13.6. The minimum Gasteiger partial charge on any atom is -0.319 e. The Hall–Kier alpha value is -0.960. The Labute approximate surface area is 102 Å². The van der Waals surface area contributed by atoms with E-state index in [9.17, 15) is 8.78 Å². The summed E-state index contributed by atoms with van der Waals surface area (Å²) in [6, 6.07) is 4.38. The van der Waals surface area contributed by atoms with Crippen molar-refractivity contribution in [2.24, 2.45) is 11.3 Å². The van der Waals surface area contributed by atoms with Crippen LogP contribution < -0.4 is 5.32 Å². The van der Waals surface area contributed by atoms with Crippen LogP contribution in [0.1, 0.15) is 26.3 Å². The molecule has 0 aliphatic heterocycles. The quantitative estimate of drug-likeness (QED) is 0.852. The summed E-state index contributed by atoms with van der Waals surface area (Å²) in [6.45, 7) is 7.14. The van der Waals surface area contributed by atoms with E-state index in [1.807, 2.05) is 7.05 Å². The molecule has 0 heterocycles. The van der Waals surface area contributed by atoms with Crippen LogP contribution in [0.3, 0.4) is 0 Å². The van der Waals surface area contributed by atoms with Crippen molar-refractivity contribution in [2.75, 3.05) is 13.6 Å². The summed E-state index contributed by atoms with van der Waals surface area (Å²) < 4.78 is 26.7. The highest BCUT2D eigenvalue weighted by molar-refractivity contribution is 5.19. The Morgan fingerprint density at radius 3 is 2.41 bits per heavy atom. The van der Waals surface area contributed by atoms with E-state index in [2.05, 4.69) is 26.1 Å². The fourth-order valence-electron chi connectivity index (χ4n) is 1.90. The van der Waals surface area contributed by atoms with Gasteiger partial charge in [0.1, 0.15) is 0 Å². The van der Waals surface area contributed by atoms with E-state index < -0.39 is 11.6 Å². The van der Waals surface area contributed by atoms with Gasteiger partial charge in [0.15, 0.2) is 11.6 Å². The van der Waals surface area contributed by atoms with E-state index in [0.717, 1.165) is 12.6 Å². The average Bonchev–Trinajstić information content (AvgIpc) is 2.22.